The molecule has 0 aromatic carbocycles. The highest BCUT2D eigenvalue weighted by Crippen LogP contribution is 2.28. The van der Waals surface area contributed by atoms with E-state index in [0.717, 1.165) is 43.3 Å². The van der Waals surface area contributed by atoms with Gasteiger partial charge in [0, 0.05) is 43.8 Å². The van der Waals surface area contributed by atoms with Crippen LogP contribution < -0.4 is 5.32 Å². The van der Waals surface area contributed by atoms with E-state index in [9.17, 15) is 4.79 Å². The number of carbonyl (C=O) groups is 1. The average molecular weight is 304 g/mol. The first kappa shape index (κ1) is 12.8. The van der Waals surface area contributed by atoms with Gasteiger partial charge in [0.15, 0.2) is 0 Å². The van der Waals surface area contributed by atoms with Crippen LogP contribution in [-0.4, -0.2) is 63.2 Å². The third kappa shape index (κ3) is 2.30. The number of rotatable bonds is 2. The molecule has 0 spiro atoms. The fraction of sp³-hybridized carbons (Fsp3) is 0.462. The van der Waals surface area contributed by atoms with Crippen molar-refractivity contribution in [2.24, 2.45) is 0 Å². The molecule has 110 valence electrons. The van der Waals surface area contributed by atoms with Gasteiger partial charge in [-0.1, -0.05) is 0 Å². The molecule has 2 fully saturated rings. The number of amides is 2. The van der Waals surface area contributed by atoms with Crippen LogP contribution >= 0.6 is 11.3 Å². The number of fused-ring (bicyclic) bond motifs is 2. The van der Waals surface area contributed by atoms with Crippen molar-refractivity contribution < 1.29 is 4.79 Å². The van der Waals surface area contributed by atoms with Crippen molar-refractivity contribution in [2.45, 2.75) is 12.5 Å². The number of H-pyrrole nitrogens is 1. The summed E-state index contributed by atoms with van der Waals surface area (Å²) in [6.07, 6.45) is 4.45. The minimum atomic E-state index is -0.0410. The van der Waals surface area contributed by atoms with Gasteiger partial charge in [-0.05, 0) is 6.42 Å². The summed E-state index contributed by atoms with van der Waals surface area (Å²) in [5.41, 5.74) is 1.46. The fourth-order valence-electron chi connectivity index (χ4n) is 3.05. The predicted molar refractivity (Wildman–Crippen MR) is 80.3 cm³/mol. The second-order valence-corrected chi connectivity index (χ2v) is 6.26. The van der Waals surface area contributed by atoms with Gasteiger partial charge in [0.05, 0.1) is 11.9 Å². The molecule has 4 rings (SSSR count). The van der Waals surface area contributed by atoms with Crippen molar-refractivity contribution >= 4 is 23.1 Å². The Kier molecular flexibility index (Phi) is 3.12. The van der Waals surface area contributed by atoms with Gasteiger partial charge in [-0.2, -0.15) is 5.10 Å². The number of urea groups is 1. The van der Waals surface area contributed by atoms with Crippen molar-refractivity contribution in [1.82, 2.24) is 25.0 Å². The number of nitrogens with one attached hydrogen (secondary N) is 2. The Balaban J connectivity index is 1.51. The molecule has 2 bridgehead atoms. The van der Waals surface area contributed by atoms with Crippen LogP contribution in [0.1, 0.15) is 6.42 Å². The molecule has 2 N–H and O–H groups in total. The van der Waals surface area contributed by atoms with E-state index in [1.165, 1.54) is 11.3 Å². The molecule has 2 aliphatic heterocycles. The monoisotopic (exact) mass is 304 g/mol. The van der Waals surface area contributed by atoms with E-state index >= 15 is 0 Å². The second kappa shape index (κ2) is 5.12. The van der Waals surface area contributed by atoms with Gasteiger partial charge in [-0.3, -0.25) is 10.00 Å². The summed E-state index contributed by atoms with van der Waals surface area (Å²) in [6, 6.07) is 0.301. The van der Waals surface area contributed by atoms with Gasteiger partial charge in [0.1, 0.15) is 10.7 Å². The minimum absolute atomic E-state index is 0.0410. The Labute approximate surface area is 126 Å². The Morgan fingerprint density at radius 1 is 1.43 bits per heavy atom. The van der Waals surface area contributed by atoms with E-state index < -0.39 is 0 Å². The summed E-state index contributed by atoms with van der Waals surface area (Å²) in [5, 5.41) is 12.6. The third-order valence-corrected chi connectivity index (χ3v) is 4.92. The molecule has 0 saturated carbocycles. The molecule has 8 heteroatoms. The highest BCUT2D eigenvalue weighted by molar-refractivity contribution is 7.13. The van der Waals surface area contributed by atoms with E-state index in [2.05, 4.69) is 25.4 Å². The molecule has 2 aromatic rings. The first-order valence-electron chi connectivity index (χ1n) is 7.04. The molecule has 0 aliphatic carbocycles. The zero-order chi connectivity index (χ0) is 14.2. The van der Waals surface area contributed by atoms with Crippen LogP contribution in [0.4, 0.5) is 10.5 Å². The van der Waals surface area contributed by atoms with E-state index in [-0.39, 0.29) is 6.03 Å². The van der Waals surface area contributed by atoms with E-state index in [1.54, 1.807) is 12.4 Å². The van der Waals surface area contributed by atoms with Gasteiger partial charge >= 0.3 is 6.03 Å². The predicted octanol–water partition coefficient (Wildman–Crippen LogP) is 1.45. The Morgan fingerprint density at radius 3 is 3.24 bits per heavy atom. The summed E-state index contributed by atoms with van der Waals surface area (Å²) in [6.45, 7) is 3.86. The standard InChI is InChI=1S/C13H16N6OS/c20-13(19-5-4-18-3-1-9(19)8-18)16-10-7-15-17-11(10)12-14-2-6-21-12/h2,6-7,9H,1,3-5,8H2,(H,15,17)(H,16,20). The molecule has 2 aromatic heterocycles. The lowest BCUT2D eigenvalue weighted by Gasteiger charge is -2.34. The quantitative estimate of drug-likeness (QED) is 0.880. The maximum atomic E-state index is 12.5. The SMILES string of the molecule is O=C(Nc1cn[nH]c1-c1nccs1)N1CCN2CCC1C2. The second-order valence-electron chi connectivity index (χ2n) is 5.36. The fourth-order valence-corrected chi connectivity index (χ4v) is 3.69. The molecular formula is C13H16N6OS. The molecule has 2 aliphatic rings. The van der Waals surface area contributed by atoms with Gasteiger partial charge in [0.2, 0.25) is 0 Å². The molecule has 0 radical (unpaired) electrons. The minimum Gasteiger partial charge on any atom is -0.319 e. The first-order chi connectivity index (χ1) is 10.3. The molecular weight excluding hydrogens is 288 g/mol. The molecule has 2 atom stereocenters. The van der Waals surface area contributed by atoms with Crippen LogP contribution in [0.25, 0.3) is 10.7 Å². The zero-order valence-corrected chi connectivity index (χ0v) is 12.3. The van der Waals surface area contributed by atoms with Gasteiger partial charge in [-0.25, -0.2) is 9.78 Å². The molecule has 7 nitrogen and oxygen atoms in total. The smallest absolute Gasteiger partial charge is 0.319 e. The lowest BCUT2D eigenvalue weighted by atomic mass is 10.2. The zero-order valence-electron chi connectivity index (χ0n) is 11.5. The van der Waals surface area contributed by atoms with Crippen LogP contribution in [-0.2, 0) is 0 Å². The Bertz CT molecular complexity index is 639. The summed E-state index contributed by atoms with van der Waals surface area (Å²) < 4.78 is 0. The maximum Gasteiger partial charge on any atom is 0.322 e. The van der Waals surface area contributed by atoms with Crippen LogP contribution in [0.2, 0.25) is 0 Å². The van der Waals surface area contributed by atoms with Crippen molar-refractivity contribution in [3.63, 3.8) is 0 Å². The topological polar surface area (TPSA) is 77.1 Å². The number of carbonyl (C=O) groups excluding carboxylic acids is 1. The Morgan fingerprint density at radius 2 is 2.38 bits per heavy atom. The largest absolute Gasteiger partial charge is 0.322 e. The lowest BCUT2D eigenvalue weighted by Crippen LogP contribution is -2.51. The number of thiazole rings is 1. The molecule has 4 heterocycles. The first-order valence-corrected chi connectivity index (χ1v) is 7.92. The average Bonchev–Trinajstić information content (AvgIpc) is 3.20. The number of hydrogen-bond donors (Lipinski definition) is 2. The summed E-state index contributed by atoms with van der Waals surface area (Å²) in [4.78, 5) is 21.1. The molecule has 2 amide bonds. The van der Waals surface area contributed by atoms with Crippen LogP contribution in [0.3, 0.4) is 0 Å². The normalized spacial score (nSPS) is 24.3. The maximum absolute atomic E-state index is 12.5. The van der Waals surface area contributed by atoms with Crippen LogP contribution in [0.15, 0.2) is 17.8 Å². The molecule has 2 unspecified atom stereocenters. The molecule has 2 saturated heterocycles. The van der Waals surface area contributed by atoms with E-state index in [4.69, 9.17) is 0 Å². The highest BCUT2D eigenvalue weighted by Gasteiger charge is 2.35. The van der Waals surface area contributed by atoms with Crippen LogP contribution in [0, 0.1) is 0 Å². The van der Waals surface area contributed by atoms with Gasteiger partial charge in [-0.15, -0.1) is 11.3 Å². The van der Waals surface area contributed by atoms with Gasteiger partial charge < -0.3 is 10.2 Å². The van der Waals surface area contributed by atoms with Crippen molar-refractivity contribution in [2.75, 3.05) is 31.5 Å². The van der Waals surface area contributed by atoms with E-state index in [0.29, 0.717) is 11.7 Å². The summed E-state index contributed by atoms with van der Waals surface area (Å²) >= 11 is 1.52. The third-order valence-electron chi connectivity index (χ3n) is 4.13. The summed E-state index contributed by atoms with van der Waals surface area (Å²) in [7, 11) is 0. The number of anilines is 1. The highest BCUT2D eigenvalue weighted by atomic mass is 32.1. The Hall–Kier alpha value is -1.93. The summed E-state index contributed by atoms with van der Waals surface area (Å²) in [5.74, 6) is 0. The van der Waals surface area contributed by atoms with Crippen LogP contribution in [0.5, 0.6) is 0 Å². The van der Waals surface area contributed by atoms with Gasteiger partial charge in [0.25, 0.3) is 0 Å². The number of aromatic amines is 1. The molecule has 21 heavy (non-hydrogen) atoms. The van der Waals surface area contributed by atoms with Crippen molar-refractivity contribution in [1.29, 1.82) is 0 Å². The number of nitrogens with zero attached hydrogens (tertiary/aromatic N) is 4. The number of piperazine rings is 1. The lowest BCUT2D eigenvalue weighted by molar-refractivity contribution is 0.153. The number of hydrogen-bond acceptors (Lipinski definition) is 5. The van der Waals surface area contributed by atoms with Crippen molar-refractivity contribution in [3.05, 3.63) is 17.8 Å². The van der Waals surface area contributed by atoms with Crippen molar-refractivity contribution in [3.8, 4) is 10.7 Å². The number of aromatic nitrogens is 3. The van der Waals surface area contributed by atoms with E-state index in [1.807, 2.05) is 10.3 Å².